The zero-order valence-corrected chi connectivity index (χ0v) is 18.3. The second-order valence-corrected chi connectivity index (χ2v) is 9.84. The number of allylic oxidation sites excluding steroid dienone is 3. The molecule has 31 heavy (non-hydrogen) atoms. The van der Waals surface area contributed by atoms with Crippen LogP contribution >= 0.6 is 0 Å². The third kappa shape index (κ3) is 3.52. The molecule has 0 aromatic heterocycles. The number of rotatable bonds is 5. The van der Waals surface area contributed by atoms with E-state index in [0.29, 0.717) is 12.3 Å². The highest BCUT2D eigenvalue weighted by atomic mass is 19.1. The van der Waals surface area contributed by atoms with Crippen LogP contribution in [0, 0.1) is 23.1 Å². The molecule has 3 atom stereocenters. The molecule has 1 heterocycles. The minimum atomic E-state index is -0.344. The molecule has 1 unspecified atom stereocenters. The average Bonchev–Trinajstić information content (AvgIpc) is 3.38. The third-order valence-electron chi connectivity index (χ3n) is 8.07. The third-order valence-corrected chi connectivity index (χ3v) is 8.07. The van der Waals surface area contributed by atoms with Gasteiger partial charge in [-0.1, -0.05) is 31.8 Å². The summed E-state index contributed by atoms with van der Waals surface area (Å²) in [6.45, 7) is 2.30. The highest BCUT2D eigenvalue weighted by Gasteiger charge is 2.48. The molecule has 166 valence electrons. The van der Waals surface area contributed by atoms with Crippen molar-refractivity contribution in [3.63, 3.8) is 0 Å². The van der Waals surface area contributed by atoms with Gasteiger partial charge in [0.05, 0.1) is 24.1 Å². The molecule has 0 radical (unpaired) electrons. The highest BCUT2D eigenvalue weighted by Crippen LogP contribution is 2.55. The van der Waals surface area contributed by atoms with Crippen LogP contribution in [0.3, 0.4) is 0 Å². The lowest BCUT2D eigenvalue weighted by Gasteiger charge is -2.40. The van der Waals surface area contributed by atoms with Crippen molar-refractivity contribution in [3.05, 3.63) is 64.8 Å². The van der Waals surface area contributed by atoms with Crippen LogP contribution in [0.1, 0.15) is 58.3 Å². The molecule has 5 heteroatoms. The zero-order chi connectivity index (χ0) is 21.6. The normalized spacial score (nSPS) is 29.3. The number of nitrogens with zero attached hydrogens (tertiary/aromatic N) is 1. The Hall–Kier alpha value is -2.11. The molecule has 0 saturated heterocycles. The maximum atomic E-state index is 13.4. The molecule has 5 rings (SSSR count). The van der Waals surface area contributed by atoms with Gasteiger partial charge in [-0.25, -0.2) is 4.39 Å². The molecule has 4 nitrogen and oxygen atoms in total. The Morgan fingerprint density at radius 2 is 1.94 bits per heavy atom. The number of benzene rings is 1. The molecule has 0 spiro atoms. The van der Waals surface area contributed by atoms with E-state index in [1.54, 1.807) is 12.1 Å². The maximum Gasteiger partial charge on any atom is 0.123 e. The zero-order valence-electron chi connectivity index (χ0n) is 18.3. The van der Waals surface area contributed by atoms with E-state index in [1.165, 1.54) is 48.1 Å². The smallest absolute Gasteiger partial charge is 0.123 e. The predicted molar refractivity (Wildman–Crippen MR) is 120 cm³/mol. The van der Waals surface area contributed by atoms with Crippen molar-refractivity contribution in [1.29, 1.82) is 0 Å². The van der Waals surface area contributed by atoms with Gasteiger partial charge in [-0.3, -0.25) is 5.01 Å². The van der Waals surface area contributed by atoms with Crippen molar-refractivity contribution in [2.45, 2.75) is 64.4 Å². The molecule has 3 N–H and O–H groups in total. The minimum Gasteiger partial charge on any atom is -0.395 e. The van der Waals surface area contributed by atoms with E-state index in [-0.39, 0.29) is 29.9 Å². The van der Waals surface area contributed by atoms with E-state index in [0.717, 1.165) is 37.1 Å². The molecule has 3 aliphatic carbocycles. The molecule has 1 saturated carbocycles. The number of hydrogen-bond donors (Lipinski definition) is 3. The predicted octanol–water partition coefficient (Wildman–Crippen LogP) is 4.97. The van der Waals surface area contributed by atoms with Crippen LogP contribution in [0.4, 0.5) is 10.1 Å². The monoisotopic (exact) mass is 424 g/mol. The van der Waals surface area contributed by atoms with Gasteiger partial charge < -0.3 is 15.6 Å². The van der Waals surface area contributed by atoms with Crippen LogP contribution in [0.2, 0.25) is 0 Å². The molecule has 0 amide bonds. The summed E-state index contributed by atoms with van der Waals surface area (Å²) >= 11 is 0. The lowest BCUT2D eigenvalue weighted by Crippen LogP contribution is -2.37. The van der Waals surface area contributed by atoms with E-state index < -0.39 is 0 Å². The molecule has 1 aliphatic heterocycles. The van der Waals surface area contributed by atoms with E-state index in [1.807, 2.05) is 11.2 Å². The van der Waals surface area contributed by atoms with E-state index in [4.69, 9.17) is 0 Å². The fourth-order valence-electron chi connectivity index (χ4n) is 6.42. The molecular formula is C26H33FN2O2. The van der Waals surface area contributed by atoms with Crippen molar-refractivity contribution in [1.82, 2.24) is 5.43 Å². The summed E-state index contributed by atoms with van der Waals surface area (Å²) in [7, 11) is 0. The molecule has 1 fully saturated rings. The van der Waals surface area contributed by atoms with Crippen molar-refractivity contribution in [2.24, 2.45) is 17.3 Å². The summed E-state index contributed by atoms with van der Waals surface area (Å²) in [5.41, 5.74) is 8.78. The van der Waals surface area contributed by atoms with Crippen LogP contribution in [0.5, 0.6) is 0 Å². The van der Waals surface area contributed by atoms with Crippen molar-refractivity contribution >= 4 is 5.69 Å². The highest BCUT2D eigenvalue weighted by molar-refractivity contribution is 5.65. The average molecular weight is 425 g/mol. The number of halogens is 1. The van der Waals surface area contributed by atoms with Crippen molar-refractivity contribution in [3.8, 4) is 0 Å². The Morgan fingerprint density at radius 1 is 1.19 bits per heavy atom. The first kappa shape index (κ1) is 20.8. The summed E-state index contributed by atoms with van der Waals surface area (Å²) < 4.78 is 13.4. The summed E-state index contributed by atoms with van der Waals surface area (Å²) in [6, 6.07) is 6.51. The van der Waals surface area contributed by atoms with Gasteiger partial charge >= 0.3 is 0 Å². The number of hydrogen-bond acceptors (Lipinski definition) is 4. The van der Waals surface area contributed by atoms with Gasteiger partial charge in [-0.2, -0.15) is 0 Å². The summed E-state index contributed by atoms with van der Waals surface area (Å²) in [5, 5.41) is 23.7. The summed E-state index contributed by atoms with van der Waals surface area (Å²) in [4.78, 5) is 0. The van der Waals surface area contributed by atoms with Crippen molar-refractivity contribution < 1.29 is 14.6 Å². The lowest BCUT2D eigenvalue weighted by molar-refractivity contribution is 0.0224. The van der Waals surface area contributed by atoms with Gasteiger partial charge in [0, 0.05) is 23.1 Å². The first-order valence-corrected chi connectivity index (χ1v) is 11.8. The van der Waals surface area contributed by atoms with Gasteiger partial charge in [-0.05, 0) is 73.9 Å². The van der Waals surface area contributed by atoms with Crippen molar-refractivity contribution in [2.75, 3.05) is 11.6 Å². The molecule has 1 aromatic carbocycles. The van der Waals surface area contributed by atoms with Crippen LogP contribution in [-0.4, -0.2) is 22.9 Å². The van der Waals surface area contributed by atoms with Gasteiger partial charge in [0.25, 0.3) is 0 Å². The first-order chi connectivity index (χ1) is 15.0. The minimum absolute atomic E-state index is 0.0888. The maximum absolute atomic E-state index is 13.4. The van der Waals surface area contributed by atoms with Crippen LogP contribution in [0.15, 0.2) is 59.0 Å². The topological polar surface area (TPSA) is 55.7 Å². The number of nitrogens with one attached hydrogen (secondary N) is 1. The van der Waals surface area contributed by atoms with Gasteiger partial charge in [0.2, 0.25) is 0 Å². The van der Waals surface area contributed by atoms with Crippen LogP contribution in [0.25, 0.3) is 0 Å². The number of hydrazine groups is 1. The number of aliphatic hydroxyl groups is 2. The van der Waals surface area contributed by atoms with Gasteiger partial charge in [0.1, 0.15) is 5.82 Å². The lowest BCUT2D eigenvalue weighted by atomic mass is 9.67. The molecule has 0 bridgehead atoms. The fraction of sp³-hybridized carbons (Fsp3) is 0.538. The standard InChI is InChI=1S/C26H33FN2O2/c1-17-22-15-28-29(21-9-7-20(27)8-10-21)23(22)13-19-11-12-26(16-30,25(17)19)14-24(31)18-5-3-2-4-6-18/h7-10,13,15,17-18,24,28,30-31H,2-6,11-12,14,16H2,1H3/t17-,24?,26+/m0/s1. The Balaban J connectivity index is 1.44. The Kier molecular flexibility index (Phi) is 5.43. The van der Waals surface area contributed by atoms with Gasteiger partial charge in [0.15, 0.2) is 0 Å². The largest absolute Gasteiger partial charge is 0.395 e. The van der Waals surface area contributed by atoms with Crippen LogP contribution < -0.4 is 10.4 Å². The van der Waals surface area contributed by atoms with E-state index in [2.05, 4.69) is 18.4 Å². The summed E-state index contributed by atoms with van der Waals surface area (Å²) in [6.07, 6.45) is 12.3. The number of fused-ring (bicyclic) bond motifs is 1. The number of aliphatic hydroxyl groups excluding tert-OH is 2. The van der Waals surface area contributed by atoms with E-state index >= 15 is 0 Å². The number of anilines is 1. The van der Waals surface area contributed by atoms with Gasteiger partial charge in [-0.15, -0.1) is 0 Å². The summed E-state index contributed by atoms with van der Waals surface area (Å²) in [5.74, 6) is 0.293. The Bertz CT molecular complexity index is 929. The second kappa shape index (κ2) is 8.10. The molecule has 1 aromatic rings. The van der Waals surface area contributed by atoms with E-state index in [9.17, 15) is 14.6 Å². The van der Waals surface area contributed by atoms with Crippen LogP contribution in [-0.2, 0) is 0 Å². The fourth-order valence-corrected chi connectivity index (χ4v) is 6.42. The molecular weight excluding hydrogens is 391 g/mol. The Labute approximate surface area is 184 Å². The molecule has 4 aliphatic rings. The SMILES string of the molecule is C[C@H]1C2=CNN(c3ccc(F)cc3)C2=CC2=C1[C@@](CO)(CC(O)C1CCCCC1)CC2. The Morgan fingerprint density at radius 3 is 2.65 bits per heavy atom. The first-order valence-electron chi connectivity index (χ1n) is 11.8. The second-order valence-electron chi connectivity index (χ2n) is 9.84. The quantitative estimate of drug-likeness (QED) is 0.625.